The van der Waals surface area contributed by atoms with Crippen LogP contribution in [0, 0.1) is 0 Å². The third-order valence-electron chi connectivity index (χ3n) is 3.19. The monoisotopic (exact) mass is 269 g/mol. The Kier molecular flexibility index (Phi) is 3.42. The molecule has 1 aliphatic rings. The van der Waals surface area contributed by atoms with E-state index in [4.69, 9.17) is 0 Å². The quantitative estimate of drug-likeness (QED) is 0.626. The van der Waals surface area contributed by atoms with Crippen molar-refractivity contribution in [2.45, 2.75) is 44.1 Å². The fourth-order valence-corrected chi connectivity index (χ4v) is 2.94. The minimum atomic E-state index is -0.663. The summed E-state index contributed by atoms with van der Waals surface area (Å²) >= 11 is 3.42. The molecule has 1 aromatic heterocycles. The number of nitrogens with zero attached hydrogens (tertiary/aromatic N) is 1. The smallest absolute Gasteiger partial charge is 0.112 e. The SMILES string of the molecule is OC1(c2cccnc2Br)CCCCCC1. The molecule has 0 aliphatic heterocycles. The first-order valence-corrected chi connectivity index (χ1v) is 6.35. The van der Waals surface area contributed by atoms with E-state index in [0.717, 1.165) is 35.8 Å². The number of aromatic nitrogens is 1. The number of hydrogen-bond donors (Lipinski definition) is 1. The second-order valence-corrected chi connectivity index (χ2v) is 5.04. The van der Waals surface area contributed by atoms with Gasteiger partial charge in [-0.05, 0) is 34.8 Å². The van der Waals surface area contributed by atoms with Gasteiger partial charge in [0.1, 0.15) is 4.60 Å². The molecule has 0 spiro atoms. The summed E-state index contributed by atoms with van der Waals surface area (Å²) in [6.07, 6.45) is 8.15. The molecule has 82 valence electrons. The van der Waals surface area contributed by atoms with Gasteiger partial charge in [0.2, 0.25) is 0 Å². The number of hydrogen-bond acceptors (Lipinski definition) is 2. The van der Waals surface area contributed by atoms with Gasteiger partial charge in [0.25, 0.3) is 0 Å². The molecule has 0 amide bonds. The maximum absolute atomic E-state index is 10.6. The maximum Gasteiger partial charge on any atom is 0.112 e. The minimum absolute atomic E-state index is 0.663. The summed E-state index contributed by atoms with van der Waals surface area (Å²) in [7, 11) is 0. The van der Waals surface area contributed by atoms with Gasteiger partial charge in [-0.25, -0.2) is 4.98 Å². The number of halogens is 1. The lowest BCUT2D eigenvalue weighted by Gasteiger charge is -2.27. The molecule has 1 heterocycles. The van der Waals surface area contributed by atoms with Crippen molar-refractivity contribution in [2.75, 3.05) is 0 Å². The van der Waals surface area contributed by atoms with Gasteiger partial charge in [0.05, 0.1) is 5.60 Å². The van der Waals surface area contributed by atoms with Crippen molar-refractivity contribution in [3.05, 3.63) is 28.5 Å². The van der Waals surface area contributed by atoms with E-state index in [1.54, 1.807) is 6.20 Å². The molecule has 0 unspecified atom stereocenters. The summed E-state index contributed by atoms with van der Waals surface area (Å²) in [5, 5.41) is 10.6. The molecule has 0 aromatic carbocycles. The Morgan fingerprint density at radius 1 is 1.20 bits per heavy atom. The standard InChI is InChI=1S/C12H16BrNO/c13-11-10(6-5-9-14-11)12(15)7-3-1-2-4-8-12/h5-6,9,15H,1-4,7-8H2. The topological polar surface area (TPSA) is 33.1 Å². The largest absolute Gasteiger partial charge is 0.385 e. The van der Waals surface area contributed by atoms with Crippen LogP contribution in [-0.4, -0.2) is 10.1 Å². The zero-order valence-corrected chi connectivity index (χ0v) is 10.3. The van der Waals surface area contributed by atoms with Crippen molar-refractivity contribution in [1.82, 2.24) is 4.98 Å². The lowest BCUT2D eigenvalue weighted by atomic mass is 9.88. The van der Waals surface area contributed by atoms with Crippen molar-refractivity contribution < 1.29 is 5.11 Å². The van der Waals surface area contributed by atoms with Gasteiger partial charge in [-0.2, -0.15) is 0 Å². The number of pyridine rings is 1. The van der Waals surface area contributed by atoms with E-state index < -0.39 is 5.60 Å². The van der Waals surface area contributed by atoms with Crippen molar-refractivity contribution in [1.29, 1.82) is 0 Å². The van der Waals surface area contributed by atoms with E-state index in [-0.39, 0.29) is 0 Å². The molecule has 1 aliphatic carbocycles. The van der Waals surface area contributed by atoms with Crippen LogP contribution in [0.25, 0.3) is 0 Å². The van der Waals surface area contributed by atoms with E-state index in [2.05, 4.69) is 20.9 Å². The fraction of sp³-hybridized carbons (Fsp3) is 0.583. The van der Waals surface area contributed by atoms with Crippen LogP contribution in [0.5, 0.6) is 0 Å². The second-order valence-electron chi connectivity index (χ2n) is 4.29. The van der Waals surface area contributed by atoms with Crippen molar-refractivity contribution in [2.24, 2.45) is 0 Å². The fourth-order valence-electron chi connectivity index (χ4n) is 2.32. The van der Waals surface area contributed by atoms with Crippen LogP contribution < -0.4 is 0 Å². The van der Waals surface area contributed by atoms with Crippen LogP contribution in [0.3, 0.4) is 0 Å². The van der Waals surface area contributed by atoms with Crippen LogP contribution >= 0.6 is 15.9 Å². The van der Waals surface area contributed by atoms with E-state index in [9.17, 15) is 5.11 Å². The van der Waals surface area contributed by atoms with Gasteiger partial charge in [0, 0.05) is 11.8 Å². The van der Waals surface area contributed by atoms with Gasteiger partial charge in [-0.3, -0.25) is 0 Å². The molecular weight excluding hydrogens is 254 g/mol. The van der Waals surface area contributed by atoms with Gasteiger partial charge in [-0.15, -0.1) is 0 Å². The second kappa shape index (κ2) is 4.62. The Bertz CT molecular complexity index is 332. The van der Waals surface area contributed by atoms with Crippen LogP contribution in [0.15, 0.2) is 22.9 Å². The van der Waals surface area contributed by atoms with E-state index in [1.807, 2.05) is 12.1 Å². The summed E-state index contributed by atoms with van der Waals surface area (Å²) in [5.41, 5.74) is 0.288. The first kappa shape index (κ1) is 11.1. The molecule has 0 saturated heterocycles. The predicted molar refractivity (Wildman–Crippen MR) is 63.5 cm³/mol. The lowest BCUT2D eigenvalue weighted by molar-refractivity contribution is 0.0196. The molecule has 3 heteroatoms. The summed E-state index contributed by atoms with van der Waals surface area (Å²) < 4.78 is 0.786. The molecule has 1 fully saturated rings. The number of aliphatic hydroxyl groups is 1. The highest BCUT2D eigenvalue weighted by molar-refractivity contribution is 9.10. The van der Waals surface area contributed by atoms with Gasteiger partial charge < -0.3 is 5.11 Å². The van der Waals surface area contributed by atoms with Crippen molar-refractivity contribution in [3.8, 4) is 0 Å². The summed E-state index contributed by atoms with van der Waals surface area (Å²) in [6.45, 7) is 0. The lowest BCUT2D eigenvalue weighted by Crippen LogP contribution is -2.25. The van der Waals surface area contributed by atoms with Crippen LogP contribution in [0.1, 0.15) is 44.1 Å². The first-order valence-electron chi connectivity index (χ1n) is 5.56. The van der Waals surface area contributed by atoms with Crippen LogP contribution in [-0.2, 0) is 5.60 Å². The zero-order valence-electron chi connectivity index (χ0n) is 8.75. The third kappa shape index (κ3) is 2.40. The van der Waals surface area contributed by atoms with Crippen molar-refractivity contribution >= 4 is 15.9 Å². The summed E-state index contributed by atoms with van der Waals surface area (Å²) in [5.74, 6) is 0. The third-order valence-corrected chi connectivity index (χ3v) is 3.82. The molecule has 0 atom stereocenters. The molecule has 2 rings (SSSR count). The Hall–Kier alpha value is -0.410. The summed E-state index contributed by atoms with van der Waals surface area (Å²) in [6, 6.07) is 3.87. The molecule has 0 radical (unpaired) electrons. The Balaban J connectivity index is 2.30. The highest BCUT2D eigenvalue weighted by Gasteiger charge is 2.31. The number of rotatable bonds is 1. The van der Waals surface area contributed by atoms with Crippen LogP contribution in [0.4, 0.5) is 0 Å². The van der Waals surface area contributed by atoms with E-state index >= 15 is 0 Å². The van der Waals surface area contributed by atoms with Gasteiger partial charge >= 0.3 is 0 Å². The summed E-state index contributed by atoms with van der Waals surface area (Å²) in [4.78, 5) is 4.19. The molecule has 15 heavy (non-hydrogen) atoms. The Labute approximate surface area is 98.9 Å². The highest BCUT2D eigenvalue weighted by Crippen LogP contribution is 2.38. The average molecular weight is 270 g/mol. The predicted octanol–water partition coefficient (Wildman–Crippen LogP) is 3.39. The molecule has 1 aromatic rings. The average Bonchev–Trinajstić information content (AvgIpc) is 2.44. The first-order chi connectivity index (χ1) is 7.22. The highest BCUT2D eigenvalue weighted by atomic mass is 79.9. The Morgan fingerprint density at radius 2 is 1.87 bits per heavy atom. The van der Waals surface area contributed by atoms with Gasteiger partial charge in [-0.1, -0.05) is 31.7 Å². The van der Waals surface area contributed by atoms with Crippen molar-refractivity contribution in [3.63, 3.8) is 0 Å². The van der Waals surface area contributed by atoms with Crippen LogP contribution in [0.2, 0.25) is 0 Å². The molecule has 0 bridgehead atoms. The van der Waals surface area contributed by atoms with E-state index in [0.29, 0.717) is 0 Å². The van der Waals surface area contributed by atoms with Gasteiger partial charge in [0.15, 0.2) is 0 Å². The molecular formula is C12H16BrNO. The Morgan fingerprint density at radius 3 is 2.47 bits per heavy atom. The molecule has 1 N–H and O–H groups in total. The molecule has 1 saturated carbocycles. The maximum atomic E-state index is 10.6. The normalized spacial score (nSPS) is 20.9. The molecule has 2 nitrogen and oxygen atoms in total. The minimum Gasteiger partial charge on any atom is -0.385 e. The van der Waals surface area contributed by atoms with E-state index in [1.165, 1.54) is 12.8 Å². The zero-order chi connectivity index (χ0) is 10.7.